The summed E-state index contributed by atoms with van der Waals surface area (Å²) in [6, 6.07) is -4.35. The lowest BCUT2D eigenvalue weighted by atomic mass is 10.1. The van der Waals surface area contributed by atoms with Crippen molar-refractivity contribution < 1.29 is 102 Å². The second kappa shape index (κ2) is 58.1. The fraction of sp³-hybridized carbons (Fsp3) is 0.767. The Bertz CT molecular complexity index is 3290. The third-order valence-electron chi connectivity index (χ3n) is 21.5. The van der Waals surface area contributed by atoms with E-state index in [-0.39, 0.29) is 150 Å². The molecule has 33 heteroatoms. The molecule has 7 fully saturated rings. The Balaban J connectivity index is -0.00000144. The molecule has 6 heterocycles. The Morgan fingerprint density at radius 3 is 1.41 bits per heavy atom. The van der Waals surface area contributed by atoms with Crippen molar-refractivity contribution in [3.05, 3.63) is 62.8 Å². The van der Waals surface area contributed by atoms with Crippen molar-refractivity contribution in [1.29, 1.82) is 0 Å². The first-order valence-electron chi connectivity index (χ1n) is 42.3. The van der Waals surface area contributed by atoms with E-state index in [0.29, 0.717) is 45.4 Å². The molecule has 5 saturated heterocycles. The number of carboxylic acids is 1. The van der Waals surface area contributed by atoms with Crippen molar-refractivity contribution in [2.24, 2.45) is 11.8 Å². The largest absolute Gasteiger partial charge is 0.480 e. The van der Waals surface area contributed by atoms with Crippen LogP contribution in [0.4, 0.5) is 19.2 Å². The van der Waals surface area contributed by atoms with Crippen molar-refractivity contribution in [1.82, 2.24) is 60.0 Å². The van der Waals surface area contributed by atoms with E-state index in [1.54, 1.807) is 102 Å². The van der Waals surface area contributed by atoms with E-state index in [1.807, 2.05) is 37.4 Å². The first-order chi connectivity index (χ1) is 55.5. The highest BCUT2D eigenvalue weighted by Crippen LogP contribution is 2.47. The Labute approximate surface area is 737 Å². The van der Waals surface area contributed by atoms with E-state index in [4.69, 9.17) is 24.1 Å². The molecule has 0 aromatic rings. The Morgan fingerprint density at radius 2 is 1.00 bits per heavy atom. The topological polar surface area (TPSA) is 411 Å². The second-order valence-electron chi connectivity index (χ2n) is 33.4. The van der Waals surface area contributed by atoms with Crippen LogP contribution < -0.4 is 16.0 Å². The number of allylic oxidation sites excluding steroid dienone is 4. The number of likely N-dealkylation sites (tertiary alicyclic amines) is 3. The fourth-order valence-electron chi connectivity index (χ4n) is 14.5. The minimum atomic E-state index is -1.13. The van der Waals surface area contributed by atoms with Gasteiger partial charge in [-0.05, 0) is 171 Å². The summed E-state index contributed by atoms with van der Waals surface area (Å²) in [6.45, 7) is 42.6. The van der Waals surface area contributed by atoms with Gasteiger partial charge in [-0.3, -0.25) is 29.0 Å². The molecule has 9 N–H and O–H groups in total. The minimum absolute atomic E-state index is 0. The number of carboxylic acid groups (broad SMARTS) is 1. The van der Waals surface area contributed by atoms with Gasteiger partial charge >= 0.3 is 42.2 Å². The number of aliphatic hydroxyl groups excluding tert-OH is 5. The summed E-state index contributed by atoms with van der Waals surface area (Å²) < 4.78 is 20.7. The summed E-state index contributed by atoms with van der Waals surface area (Å²) >= 11 is 0. The third kappa shape index (κ3) is 38.7. The number of ether oxygens (including phenoxy) is 4. The average molecular weight is 1750 g/mol. The molecule has 123 heavy (non-hydrogen) atoms. The standard InChI is InChI=1S/C21H33N3O5.C19H29N3O5.C17H30N2O4.C12H22N2O2.C10H17NO5.C6H15N.5CH4/c1-5-8-9-10-11-23(4)18(26)17-12-16(25)14-24(17)20(28)22-21(13-15(21)6-2)19(27)29-7-3;1-3-27-17(25)19-11-13(19)8-6-4-5-7-9-21(2)16(24)15-10-14(23)12-22(15)18(26)20-19;1-6-7-8-9-10-18(5)15(21)14-11-13(20)12-19(14)16(22)23-17(2,3)4;1-3-4-5-6-7-14(2)12(16)11-8-10(15)9-13-11;1-10(2,3)16-9(15)11-5-6(12)4-7(11)8(13)14;1-4-7(5-2)6-3;;;;;/h5-6,15-17,25H,1-2,7-14H2,3-4H3,(H,22,28);6,8,13-15,23H,3-5,7,9-12H2,1-2H3,(H,20,26);6,13-14,20H,1,7-12H2,2-5H3;3,10-11,13,15H,1,4-9H2,2H3;6-7,12H,4-5H2,1-3H3,(H,13,14);4-6H2,1-3H3;5*1H4/b;8-6-;;;;;;;;;/t15-,16-,17+,21-;13-,14-,15+,19-;13-,14+;10-,11+;6-,7+;;;;;;/m11111....../s1. The Hall–Kier alpha value is -8.21. The smallest absolute Gasteiger partial charge is 0.411 e. The number of unbranched alkanes of at least 4 members (excludes halogenated alkanes) is 6. The molecule has 8 rings (SSSR count). The zero-order chi connectivity index (χ0) is 89.0. The van der Waals surface area contributed by atoms with Gasteiger partial charge in [-0.1, -0.05) is 94.4 Å². The zero-order valence-electron chi connectivity index (χ0n) is 73.4. The lowest BCUT2D eigenvalue weighted by Crippen LogP contribution is -2.55. The molecule has 14 atom stereocenters. The number of nitrogens with one attached hydrogen (secondary N) is 3. The van der Waals surface area contributed by atoms with Crippen LogP contribution >= 0.6 is 0 Å². The van der Waals surface area contributed by atoms with Crippen molar-refractivity contribution in [3.63, 3.8) is 0 Å². The van der Waals surface area contributed by atoms with Gasteiger partial charge in [-0.25, -0.2) is 33.6 Å². The molecule has 0 radical (unpaired) electrons. The second-order valence-corrected chi connectivity index (χ2v) is 33.4. The predicted octanol–water partition coefficient (Wildman–Crippen LogP) is 9.77. The number of urea groups is 2. The molecule has 8 aliphatic rings. The maximum absolute atomic E-state index is 12.9. The van der Waals surface area contributed by atoms with Crippen molar-refractivity contribution >= 4 is 65.8 Å². The summed E-state index contributed by atoms with van der Waals surface area (Å²) in [6.07, 6.45) is 19.9. The number of esters is 2. The molecule has 0 unspecified atom stereocenters. The molecule has 0 aromatic heterocycles. The first kappa shape index (κ1) is 119. The molecule has 712 valence electrons. The van der Waals surface area contributed by atoms with Crippen LogP contribution in [-0.4, -0.2) is 343 Å². The van der Waals surface area contributed by atoms with Crippen LogP contribution in [0.5, 0.6) is 0 Å². The highest BCUT2D eigenvalue weighted by atomic mass is 16.6. The van der Waals surface area contributed by atoms with Crippen LogP contribution in [0.2, 0.25) is 0 Å². The van der Waals surface area contributed by atoms with Crippen LogP contribution in [0.25, 0.3) is 0 Å². The monoisotopic (exact) mass is 1750 g/mol. The molecule has 0 bridgehead atoms. The van der Waals surface area contributed by atoms with Gasteiger partial charge in [0.05, 0.1) is 62.9 Å². The molecule has 2 aliphatic carbocycles. The summed E-state index contributed by atoms with van der Waals surface area (Å²) in [5.41, 5.74) is -3.50. The average Bonchev–Trinajstić information content (AvgIpc) is 1.58. The molecule has 2 saturated carbocycles. The molecule has 6 aliphatic heterocycles. The Kier molecular flexibility index (Phi) is 56.2. The number of aliphatic carboxylic acids is 1. The van der Waals surface area contributed by atoms with Crippen LogP contribution in [0, 0.1) is 11.8 Å². The highest BCUT2D eigenvalue weighted by Gasteiger charge is 2.63. The fourth-order valence-corrected chi connectivity index (χ4v) is 14.5. The maximum atomic E-state index is 12.9. The number of hydrogen-bond donors (Lipinski definition) is 9. The molecule has 10 amide bonds. The number of β-amino-alcohol motifs (C(OH)–C–C–N with tert-alkyl or cyclic N) is 4. The Morgan fingerprint density at radius 1 is 0.569 bits per heavy atom. The van der Waals surface area contributed by atoms with Crippen LogP contribution in [-0.2, 0) is 52.5 Å². The molecular weight excluding hydrogens is 1590 g/mol. The van der Waals surface area contributed by atoms with Gasteiger partial charge in [0.2, 0.25) is 23.6 Å². The van der Waals surface area contributed by atoms with Gasteiger partial charge < -0.3 is 99.8 Å². The van der Waals surface area contributed by atoms with Crippen molar-refractivity contribution in [3.8, 4) is 0 Å². The van der Waals surface area contributed by atoms with Gasteiger partial charge in [0, 0.05) is 112 Å². The van der Waals surface area contributed by atoms with E-state index in [1.165, 1.54) is 34.3 Å². The number of carbonyl (C=O) groups excluding carboxylic acids is 10. The number of nitrogens with zero attached hydrogens (tertiary/aromatic N) is 9. The van der Waals surface area contributed by atoms with Gasteiger partial charge in [-0.2, -0.15) is 0 Å². The van der Waals surface area contributed by atoms with Crippen molar-refractivity contribution in [2.75, 3.05) is 120 Å². The van der Waals surface area contributed by atoms with Gasteiger partial charge in [0.15, 0.2) is 0 Å². The lowest BCUT2D eigenvalue weighted by molar-refractivity contribution is -0.147. The quantitative estimate of drug-likeness (QED) is 0.0152. The highest BCUT2D eigenvalue weighted by molar-refractivity contribution is 5.95. The molecule has 0 spiro atoms. The molecular formula is C90H166N12O21. The van der Waals surface area contributed by atoms with E-state index in [2.05, 4.69) is 67.9 Å². The number of amides is 10. The number of carbonyl (C=O) groups is 11. The number of rotatable bonds is 28. The molecule has 33 nitrogen and oxygen atoms in total. The lowest BCUT2D eigenvalue weighted by Gasteiger charge is -2.30. The maximum Gasteiger partial charge on any atom is 0.411 e. The third-order valence-corrected chi connectivity index (χ3v) is 21.5. The van der Waals surface area contributed by atoms with Crippen LogP contribution in [0.15, 0.2) is 62.8 Å². The number of aliphatic hydroxyl groups is 5. The minimum Gasteiger partial charge on any atom is -0.480 e. The van der Waals surface area contributed by atoms with Gasteiger partial charge in [0.25, 0.3) is 0 Å². The van der Waals surface area contributed by atoms with E-state index >= 15 is 0 Å². The predicted molar refractivity (Wildman–Crippen MR) is 482 cm³/mol. The number of likely N-dealkylation sites (N-methyl/N-ethyl adjacent to an activating group) is 4. The summed E-state index contributed by atoms with van der Waals surface area (Å²) in [7, 11) is 6.98. The number of hydrogen-bond acceptors (Lipinski definition) is 22. The van der Waals surface area contributed by atoms with Crippen LogP contribution in [0.1, 0.15) is 235 Å². The van der Waals surface area contributed by atoms with Gasteiger partial charge in [0.1, 0.15) is 46.4 Å². The van der Waals surface area contributed by atoms with E-state index in [9.17, 15) is 78.3 Å². The normalized spacial score (nSPS) is 25.4. The van der Waals surface area contributed by atoms with Gasteiger partial charge in [-0.15, -0.1) is 26.3 Å². The van der Waals surface area contributed by atoms with E-state index in [0.717, 1.165) is 88.5 Å². The van der Waals surface area contributed by atoms with E-state index < -0.39 is 113 Å². The van der Waals surface area contributed by atoms with Crippen molar-refractivity contribution in [2.45, 2.75) is 318 Å². The SMILES string of the molecule is C.C.C.C.C.C=CCCCCN(C)C(=O)[C@@H]1C[C@@H](O)CN1.C=CCCCCN(C)C(=O)[C@@H]1C[C@@H](O)CN1C(=O)N[C@]1(C(=O)OCC)C[C@H]1C=C.C=CCCCCN(C)C(=O)[C@@H]1C[C@@H](O)CN1C(=O)OC(C)(C)C.CC(C)(C)OC(=O)N1C[C@H](O)C[C@H]1C(=O)O.CCN(CC)CC.CCOC(=O)[C@@]12C[C@H]1/C=C\CCCCN(C)C(=O)[C@@H]1C[C@@H](O)CN1C(=O)N2. The molecule has 0 aromatic carbocycles. The number of fused-ring (bicyclic) bond motifs is 2. The van der Waals surface area contributed by atoms with Crippen LogP contribution in [0.3, 0.4) is 0 Å². The zero-order valence-corrected chi connectivity index (χ0v) is 73.4. The summed E-state index contributed by atoms with van der Waals surface area (Å²) in [5.74, 6) is -2.82. The summed E-state index contributed by atoms with van der Waals surface area (Å²) in [5, 5.41) is 66.2. The summed E-state index contributed by atoms with van der Waals surface area (Å²) in [4.78, 5) is 150. The first-order valence-corrected chi connectivity index (χ1v) is 42.3.